The van der Waals surface area contributed by atoms with Crippen LogP contribution in [0.15, 0.2) is 0 Å². The zero-order valence-electron chi connectivity index (χ0n) is 10.2. The monoisotopic (exact) mass is 187 g/mol. The first-order chi connectivity index (χ1) is 6.33. The van der Waals surface area contributed by atoms with Crippen molar-refractivity contribution in [2.45, 2.75) is 66.2 Å². The number of rotatable bonds is 7. The van der Waals surface area contributed by atoms with Gasteiger partial charge in [0.25, 0.3) is 0 Å². The molecular weight excluding hydrogens is 158 g/mol. The van der Waals surface area contributed by atoms with Gasteiger partial charge < -0.3 is 5.32 Å². The van der Waals surface area contributed by atoms with E-state index in [1.165, 1.54) is 38.5 Å². The maximum Gasteiger partial charge on any atom is -0.00775 e. The highest BCUT2D eigenvalue weighted by Gasteiger charge is 1.83. The van der Waals surface area contributed by atoms with Crippen molar-refractivity contribution < 1.29 is 0 Å². The largest absolute Gasteiger partial charge is 0.317 e. The van der Waals surface area contributed by atoms with Gasteiger partial charge >= 0.3 is 0 Å². The van der Waals surface area contributed by atoms with Crippen molar-refractivity contribution in [3.05, 3.63) is 0 Å². The van der Waals surface area contributed by atoms with E-state index in [1.54, 1.807) is 0 Å². The zero-order chi connectivity index (χ0) is 10.4. The summed E-state index contributed by atoms with van der Waals surface area (Å²) in [6.45, 7) is 10.9. The van der Waals surface area contributed by atoms with Gasteiger partial charge in [0, 0.05) is 0 Å². The molecule has 0 rings (SSSR count). The number of hydrogen-bond acceptors (Lipinski definition) is 1. The maximum absolute atomic E-state index is 3.11. The first-order valence-electron chi connectivity index (χ1n) is 6.04. The fourth-order valence-corrected chi connectivity index (χ4v) is 1.10. The lowest BCUT2D eigenvalue weighted by Crippen LogP contribution is -2.09. The Morgan fingerprint density at radius 3 is 1.15 bits per heavy atom. The van der Waals surface area contributed by atoms with E-state index in [0.717, 1.165) is 13.1 Å². The van der Waals surface area contributed by atoms with Crippen LogP contribution in [0, 0.1) is 0 Å². The van der Waals surface area contributed by atoms with Crippen LogP contribution < -0.4 is 5.32 Å². The van der Waals surface area contributed by atoms with Crippen LogP contribution in [0.5, 0.6) is 0 Å². The first kappa shape index (κ1) is 15.4. The van der Waals surface area contributed by atoms with Crippen LogP contribution >= 0.6 is 0 Å². The molecule has 0 heterocycles. The van der Waals surface area contributed by atoms with E-state index in [9.17, 15) is 0 Å². The van der Waals surface area contributed by atoms with E-state index in [0.29, 0.717) is 0 Å². The highest BCUT2D eigenvalue weighted by molar-refractivity contribution is 4.39. The molecule has 0 aliphatic rings. The number of unbranched alkanes of at least 4 members (excludes halogenated alkanes) is 5. The van der Waals surface area contributed by atoms with Crippen LogP contribution in [-0.4, -0.2) is 13.1 Å². The Kier molecular flexibility index (Phi) is 21.2. The quantitative estimate of drug-likeness (QED) is 0.594. The molecule has 0 radical (unpaired) electrons. The Labute approximate surface area is 85.3 Å². The number of hydrogen-bond donors (Lipinski definition) is 1. The smallest absolute Gasteiger partial charge is 0.00775 e. The molecule has 82 valence electrons. The molecule has 0 saturated heterocycles. The molecule has 1 nitrogen and oxygen atoms in total. The molecule has 13 heavy (non-hydrogen) atoms. The number of nitrogens with one attached hydrogen (secondary N) is 1. The Hall–Kier alpha value is -0.0400. The van der Waals surface area contributed by atoms with Crippen LogP contribution in [0.1, 0.15) is 66.2 Å². The second-order valence-electron chi connectivity index (χ2n) is 3.37. The van der Waals surface area contributed by atoms with Crippen molar-refractivity contribution in [1.82, 2.24) is 5.32 Å². The molecule has 0 spiro atoms. The standard InChI is InChI=1S/C8H18.C4H11N/c1-3-5-7-8-6-4-2;1-3-5-4-2/h3-8H2,1-2H3;5H,3-4H2,1-2H3. The molecule has 0 amide bonds. The Morgan fingerprint density at radius 1 is 0.615 bits per heavy atom. The summed E-state index contributed by atoms with van der Waals surface area (Å²) in [6.07, 6.45) is 8.49. The van der Waals surface area contributed by atoms with Gasteiger partial charge in [0.15, 0.2) is 0 Å². The van der Waals surface area contributed by atoms with Gasteiger partial charge in [-0.05, 0) is 13.1 Å². The lowest BCUT2D eigenvalue weighted by Gasteiger charge is -1.93. The summed E-state index contributed by atoms with van der Waals surface area (Å²) in [5, 5.41) is 3.11. The van der Waals surface area contributed by atoms with Gasteiger partial charge in [-0.15, -0.1) is 0 Å². The third-order valence-electron chi connectivity index (χ3n) is 1.96. The molecule has 0 unspecified atom stereocenters. The van der Waals surface area contributed by atoms with E-state index in [2.05, 4.69) is 33.0 Å². The van der Waals surface area contributed by atoms with Gasteiger partial charge in [0.05, 0.1) is 0 Å². The summed E-state index contributed by atoms with van der Waals surface area (Å²) >= 11 is 0. The van der Waals surface area contributed by atoms with Crippen LogP contribution in [-0.2, 0) is 0 Å². The molecule has 0 atom stereocenters. The van der Waals surface area contributed by atoms with Crippen molar-refractivity contribution in [3.8, 4) is 0 Å². The molecule has 0 aromatic heterocycles. The SMILES string of the molecule is CCCCCCCC.CCNCC. The molecule has 1 heteroatoms. The van der Waals surface area contributed by atoms with Crippen LogP contribution in [0.3, 0.4) is 0 Å². The minimum Gasteiger partial charge on any atom is -0.317 e. The van der Waals surface area contributed by atoms with Crippen molar-refractivity contribution in [3.63, 3.8) is 0 Å². The highest BCUT2D eigenvalue weighted by atomic mass is 14.8. The highest BCUT2D eigenvalue weighted by Crippen LogP contribution is 2.03. The van der Waals surface area contributed by atoms with Gasteiger partial charge in [0.2, 0.25) is 0 Å². The van der Waals surface area contributed by atoms with Crippen molar-refractivity contribution >= 4 is 0 Å². The molecule has 0 aliphatic carbocycles. The molecular formula is C12H29N. The fourth-order valence-electron chi connectivity index (χ4n) is 1.10. The lowest BCUT2D eigenvalue weighted by molar-refractivity contribution is 0.624. The van der Waals surface area contributed by atoms with E-state index in [4.69, 9.17) is 0 Å². The van der Waals surface area contributed by atoms with E-state index >= 15 is 0 Å². The summed E-state index contributed by atoms with van der Waals surface area (Å²) in [6, 6.07) is 0. The van der Waals surface area contributed by atoms with E-state index in [-0.39, 0.29) is 0 Å². The molecule has 0 saturated carbocycles. The third-order valence-corrected chi connectivity index (χ3v) is 1.96. The predicted octanol–water partition coefficient (Wildman–Crippen LogP) is 3.98. The van der Waals surface area contributed by atoms with Crippen molar-refractivity contribution in [2.75, 3.05) is 13.1 Å². The summed E-state index contributed by atoms with van der Waals surface area (Å²) in [7, 11) is 0. The second kappa shape index (κ2) is 17.9. The van der Waals surface area contributed by atoms with Gasteiger partial charge in [-0.1, -0.05) is 66.2 Å². The first-order valence-corrected chi connectivity index (χ1v) is 6.04. The molecule has 0 aromatic carbocycles. The summed E-state index contributed by atoms with van der Waals surface area (Å²) in [4.78, 5) is 0. The zero-order valence-corrected chi connectivity index (χ0v) is 10.2. The maximum atomic E-state index is 3.11. The Bertz CT molecular complexity index is 54.1. The lowest BCUT2D eigenvalue weighted by atomic mass is 10.1. The van der Waals surface area contributed by atoms with Crippen molar-refractivity contribution in [1.29, 1.82) is 0 Å². The van der Waals surface area contributed by atoms with Gasteiger partial charge in [-0.25, -0.2) is 0 Å². The van der Waals surface area contributed by atoms with Crippen molar-refractivity contribution in [2.24, 2.45) is 0 Å². The van der Waals surface area contributed by atoms with E-state index < -0.39 is 0 Å². The van der Waals surface area contributed by atoms with Crippen LogP contribution in [0.4, 0.5) is 0 Å². The molecule has 0 aromatic rings. The van der Waals surface area contributed by atoms with Gasteiger partial charge in [0.1, 0.15) is 0 Å². The minimum atomic E-state index is 1.09. The predicted molar refractivity (Wildman–Crippen MR) is 63.3 cm³/mol. The fraction of sp³-hybridized carbons (Fsp3) is 1.00. The summed E-state index contributed by atoms with van der Waals surface area (Å²) in [5.41, 5.74) is 0. The third kappa shape index (κ3) is 24.5. The van der Waals surface area contributed by atoms with Crippen LogP contribution in [0.25, 0.3) is 0 Å². The summed E-state index contributed by atoms with van der Waals surface area (Å²) in [5.74, 6) is 0. The normalized spacial score (nSPS) is 9.23. The van der Waals surface area contributed by atoms with Gasteiger partial charge in [-0.2, -0.15) is 0 Å². The van der Waals surface area contributed by atoms with E-state index in [1.807, 2.05) is 0 Å². The second-order valence-corrected chi connectivity index (χ2v) is 3.37. The average molecular weight is 187 g/mol. The molecule has 0 aliphatic heterocycles. The summed E-state index contributed by atoms with van der Waals surface area (Å²) < 4.78 is 0. The molecule has 0 bridgehead atoms. The van der Waals surface area contributed by atoms with Crippen LogP contribution in [0.2, 0.25) is 0 Å². The topological polar surface area (TPSA) is 12.0 Å². The Morgan fingerprint density at radius 2 is 1.00 bits per heavy atom. The average Bonchev–Trinajstić information content (AvgIpc) is 2.15. The molecule has 0 fully saturated rings. The Balaban J connectivity index is 0. The van der Waals surface area contributed by atoms with Gasteiger partial charge in [-0.3, -0.25) is 0 Å². The molecule has 1 N–H and O–H groups in total. The minimum absolute atomic E-state index is 1.09.